The molecular formula is C30H43N5O5S. The van der Waals surface area contributed by atoms with Crippen LogP contribution < -0.4 is 16.2 Å². The summed E-state index contributed by atoms with van der Waals surface area (Å²) in [5.41, 5.74) is 8.57. The first-order valence-corrected chi connectivity index (χ1v) is 15.7. The van der Waals surface area contributed by atoms with Crippen LogP contribution in [0.5, 0.6) is 0 Å². The molecule has 0 bridgehead atoms. The Morgan fingerprint density at radius 1 is 1.02 bits per heavy atom. The Bertz CT molecular complexity index is 1220. The van der Waals surface area contributed by atoms with E-state index in [0.717, 1.165) is 54.0 Å². The number of hydrogen-bond acceptors (Lipinski definition) is 7. The number of anilines is 1. The Hall–Kier alpha value is -3.05. The van der Waals surface area contributed by atoms with E-state index in [1.165, 1.54) is 0 Å². The van der Waals surface area contributed by atoms with Gasteiger partial charge < -0.3 is 14.8 Å². The van der Waals surface area contributed by atoms with Gasteiger partial charge in [0.05, 0.1) is 12.3 Å². The van der Waals surface area contributed by atoms with E-state index >= 15 is 0 Å². The third-order valence-corrected chi connectivity index (χ3v) is 8.01. The van der Waals surface area contributed by atoms with E-state index in [9.17, 15) is 14.4 Å². The molecule has 2 aromatic rings. The van der Waals surface area contributed by atoms with Crippen molar-refractivity contribution in [3.8, 4) is 11.1 Å². The van der Waals surface area contributed by atoms with Crippen molar-refractivity contribution in [1.82, 2.24) is 20.6 Å². The number of aryl methyl sites for hydroxylation is 1. The second kappa shape index (κ2) is 13.3. The summed E-state index contributed by atoms with van der Waals surface area (Å²) in [6.07, 6.45) is 5.34. The first-order chi connectivity index (χ1) is 19.5. The Balaban J connectivity index is 1.45. The lowest BCUT2D eigenvalue weighted by atomic mass is 9.82. The molecule has 1 heterocycles. The van der Waals surface area contributed by atoms with E-state index in [4.69, 9.17) is 9.47 Å². The van der Waals surface area contributed by atoms with Crippen LogP contribution in [0.25, 0.3) is 11.1 Å². The van der Waals surface area contributed by atoms with Crippen LogP contribution in [-0.4, -0.2) is 51.9 Å². The molecule has 3 N–H and O–H groups in total. The maximum absolute atomic E-state index is 13.6. The van der Waals surface area contributed by atoms with Gasteiger partial charge in [0, 0.05) is 22.7 Å². The highest BCUT2D eigenvalue weighted by Gasteiger charge is 2.50. The number of thioether (sulfide) groups is 1. The van der Waals surface area contributed by atoms with Gasteiger partial charge >= 0.3 is 6.09 Å². The van der Waals surface area contributed by atoms with Crippen molar-refractivity contribution in [2.24, 2.45) is 23.7 Å². The zero-order valence-electron chi connectivity index (χ0n) is 24.9. The van der Waals surface area contributed by atoms with Gasteiger partial charge in [-0.1, -0.05) is 12.1 Å². The van der Waals surface area contributed by atoms with Crippen molar-refractivity contribution in [3.63, 3.8) is 0 Å². The minimum absolute atomic E-state index is 0.0519. The van der Waals surface area contributed by atoms with Gasteiger partial charge in [-0.25, -0.2) is 14.9 Å². The van der Waals surface area contributed by atoms with Crippen molar-refractivity contribution >= 4 is 35.4 Å². The molecule has 4 rings (SSSR count). The Morgan fingerprint density at radius 3 is 2.22 bits per heavy atom. The number of ether oxygens (including phenoxy) is 2. The fourth-order valence-electron chi connectivity index (χ4n) is 5.33. The van der Waals surface area contributed by atoms with Crippen LogP contribution in [0.3, 0.4) is 0 Å². The molecule has 41 heavy (non-hydrogen) atoms. The predicted molar refractivity (Wildman–Crippen MR) is 160 cm³/mol. The number of hydrazine groups is 1. The molecular weight excluding hydrogens is 542 g/mol. The molecule has 0 radical (unpaired) electrons. The molecule has 1 atom stereocenters. The molecule has 2 aliphatic rings. The molecule has 10 nitrogen and oxygen atoms in total. The molecule has 11 heteroatoms. The molecule has 1 aromatic carbocycles. The number of aromatic nitrogens is 2. The number of carbonyl (C=O) groups excluding carboxylic acids is 3. The van der Waals surface area contributed by atoms with Crippen LogP contribution in [0.15, 0.2) is 24.3 Å². The standard InChI is InChI=1S/C30H43N5O5S/c1-18-24(19(2)35(34-18)17-39-15-16-41-6)20-11-13-23(14-12-20)31-27(36)26(25(21-7-8-21)22-9-10-22)28(37)32-33-29(38)40-30(3,4)5/h11-14,21-22,25-26H,7-10,15-17H2,1-6H3,(H,31,36)(H,32,37)(H,33,38). The molecule has 1 unspecified atom stereocenters. The number of nitrogens with zero attached hydrogens (tertiary/aromatic N) is 2. The number of hydrogen-bond donors (Lipinski definition) is 3. The minimum atomic E-state index is -0.918. The molecule has 3 amide bonds. The third-order valence-electron chi connectivity index (χ3n) is 7.44. The molecule has 1 aromatic heterocycles. The Morgan fingerprint density at radius 2 is 1.66 bits per heavy atom. The van der Waals surface area contributed by atoms with Gasteiger partial charge in [-0.3, -0.25) is 15.0 Å². The van der Waals surface area contributed by atoms with Crippen LogP contribution >= 0.6 is 11.8 Å². The monoisotopic (exact) mass is 585 g/mol. The summed E-state index contributed by atoms with van der Waals surface area (Å²) >= 11 is 1.74. The van der Waals surface area contributed by atoms with Gasteiger partial charge in [-0.15, -0.1) is 0 Å². The summed E-state index contributed by atoms with van der Waals surface area (Å²) in [6.45, 7) is 10.3. The largest absolute Gasteiger partial charge is 0.443 e. The maximum Gasteiger partial charge on any atom is 0.426 e. The van der Waals surface area contributed by atoms with Gasteiger partial charge in [0.1, 0.15) is 18.2 Å². The quantitative estimate of drug-likeness (QED) is 0.181. The zero-order valence-corrected chi connectivity index (χ0v) is 25.7. The lowest BCUT2D eigenvalue weighted by Crippen LogP contribution is -2.51. The summed E-state index contributed by atoms with van der Waals surface area (Å²) in [4.78, 5) is 39.0. The molecule has 0 aliphatic heterocycles. The molecule has 224 valence electrons. The first-order valence-electron chi connectivity index (χ1n) is 14.3. The average Bonchev–Trinajstić information content (AvgIpc) is 3.83. The molecule has 0 spiro atoms. The summed E-state index contributed by atoms with van der Waals surface area (Å²) in [7, 11) is 0. The van der Waals surface area contributed by atoms with Gasteiger partial charge in [-0.05, 0) is 102 Å². The Labute approximate surface area is 246 Å². The minimum Gasteiger partial charge on any atom is -0.443 e. The van der Waals surface area contributed by atoms with Gasteiger partial charge in [0.25, 0.3) is 5.91 Å². The SMILES string of the molecule is CSCCOCn1nc(C)c(-c2ccc(NC(=O)C(C(=O)NNC(=O)OC(C)(C)C)C(C3CC3)C3CC3)cc2)c1C. The lowest BCUT2D eigenvalue weighted by molar-refractivity contribution is -0.136. The zero-order chi connectivity index (χ0) is 29.7. The van der Waals surface area contributed by atoms with E-state index in [-0.39, 0.29) is 11.8 Å². The van der Waals surface area contributed by atoms with Crippen molar-refractivity contribution in [3.05, 3.63) is 35.7 Å². The van der Waals surface area contributed by atoms with E-state index in [2.05, 4.69) is 21.3 Å². The molecule has 2 saturated carbocycles. The van der Waals surface area contributed by atoms with Gasteiger partial charge in [0.15, 0.2) is 0 Å². The van der Waals surface area contributed by atoms with Crippen molar-refractivity contribution in [2.75, 3.05) is 23.9 Å². The molecule has 2 fully saturated rings. The average molecular weight is 586 g/mol. The van der Waals surface area contributed by atoms with Crippen LogP contribution in [0, 0.1) is 37.5 Å². The second-order valence-electron chi connectivity index (χ2n) is 12.0. The number of benzene rings is 1. The van der Waals surface area contributed by atoms with Crippen LogP contribution in [0.2, 0.25) is 0 Å². The summed E-state index contributed by atoms with van der Waals surface area (Å²) in [5.74, 6) is -0.230. The normalized spacial score (nSPS) is 15.9. The fraction of sp³-hybridized carbons (Fsp3) is 0.600. The number of amides is 3. The topological polar surface area (TPSA) is 124 Å². The van der Waals surface area contributed by atoms with Gasteiger partial charge in [0.2, 0.25) is 5.91 Å². The second-order valence-corrected chi connectivity index (χ2v) is 13.0. The maximum atomic E-state index is 13.6. The Kier molecular flexibility index (Phi) is 10.0. The van der Waals surface area contributed by atoms with E-state index in [0.29, 0.717) is 30.9 Å². The van der Waals surface area contributed by atoms with Crippen LogP contribution in [0.4, 0.5) is 10.5 Å². The predicted octanol–water partition coefficient (Wildman–Crippen LogP) is 5.05. The highest BCUT2D eigenvalue weighted by atomic mass is 32.2. The number of nitrogens with one attached hydrogen (secondary N) is 3. The van der Waals surface area contributed by atoms with Crippen LogP contribution in [0.1, 0.15) is 57.8 Å². The first kappa shape index (κ1) is 30.9. The third kappa shape index (κ3) is 8.48. The molecule has 2 aliphatic carbocycles. The van der Waals surface area contributed by atoms with Crippen molar-refractivity contribution in [1.29, 1.82) is 0 Å². The molecule has 0 saturated heterocycles. The lowest BCUT2D eigenvalue weighted by Gasteiger charge is -2.26. The van der Waals surface area contributed by atoms with Crippen molar-refractivity contribution in [2.45, 2.75) is 72.6 Å². The summed E-state index contributed by atoms with van der Waals surface area (Å²) in [5, 5.41) is 7.60. The van der Waals surface area contributed by atoms with Crippen molar-refractivity contribution < 1.29 is 23.9 Å². The van der Waals surface area contributed by atoms with E-state index < -0.39 is 23.5 Å². The summed E-state index contributed by atoms with van der Waals surface area (Å²) < 4.78 is 12.8. The smallest absolute Gasteiger partial charge is 0.426 e. The number of rotatable bonds is 12. The highest BCUT2D eigenvalue weighted by molar-refractivity contribution is 7.98. The van der Waals surface area contributed by atoms with Gasteiger partial charge in [-0.2, -0.15) is 16.9 Å². The van der Waals surface area contributed by atoms with Crippen LogP contribution in [-0.2, 0) is 25.8 Å². The fourth-order valence-corrected chi connectivity index (χ4v) is 5.61. The van der Waals surface area contributed by atoms with E-state index in [1.54, 1.807) is 32.5 Å². The van der Waals surface area contributed by atoms with E-state index in [1.807, 2.05) is 49.1 Å². The summed E-state index contributed by atoms with van der Waals surface area (Å²) in [6, 6.07) is 7.58. The highest BCUT2D eigenvalue weighted by Crippen LogP contribution is 2.52. The number of carbonyl (C=O) groups is 3.